The van der Waals surface area contributed by atoms with Crippen molar-refractivity contribution in [2.45, 2.75) is 38.7 Å². The Bertz CT molecular complexity index is 1040. The van der Waals surface area contributed by atoms with Gasteiger partial charge in [-0.15, -0.1) is 0 Å². The van der Waals surface area contributed by atoms with Crippen molar-refractivity contribution in [2.75, 3.05) is 51.7 Å². The zero-order chi connectivity index (χ0) is 26.9. The zero-order valence-corrected chi connectivity index (χ0v) is 21.0. The van der Waals surface area contributed by atoms with Gasteiger partial charge in [0.15, 0.2) is 12.2 Å². The van der Waals surface area contributed by atoms with Crippen LogP contribution in [-0.2, 0) is 9.53 Å². The fourth-order valence-electron chi connectivity index (χ4n) is 4.22. The summed E-state index contributed by atoms with van der Waals surface area (Å²) in [6, 6.07) is 5.05. The highest BCUT2D eigenvalue weighted by Gasteiger charge is 2.47. The Morgan fingerprint density at radius 1 is 1.19 bits per heavy atom. The topological polar surface area (TPSA) is 120 Å². The van der Waals surface area contributed by atoms with Crippen molar-refractivity contribution in [3.8, 4) is 6.07 Å². The summed E-state index contributed by atoms with van der Waals surface area (Å²) in [6.07, 6.45) is -4.31. The molecule has 36 heavy (non-hydrogen) atoms. The number of amides is 1. The van der Waals surface area contributed by atoms with Crippen molar-refractivity contribution in [3.63, 3.8) is 0 Å². The standard InChI is InChI=1S/C21H23F3N6O2.C2H6.CH5N/c1-29-7-4-13(10-29)9-28-20(31)16-11-30(12-17(32-16)21(22,23)24)15-3-2-14(8-25)18-19(15)27-6-5-26-18;2*1-2/h2-3,5-6,13,16-17H,4,7,9-12H2,1H3,(H,28,31);1-2H3;2H2,1H3/t13-,16?,17?;;/m0../s1. The van der Waals surface area contributed by atoms with Gasteiger partial charge in [0.2, 0.25) is 0 Å². The average Bonchev–Trinajstić information content (AvgIpc) is 3.33. The van der Waals surface area contributed by atoms with Crippen LogP contribution in [0.1, 0.15) is 25.8 Å². The molecule has 2 aromatic rings. The summed E-state index contributed by atoms with van der Waals surface area (Å²) in [4.78, 5) is 24.7. The summed E-state index contributed by atoms with van der Waals surface area (Å²) >= 11 is 0. The van der Waals surface area contributed by atoms with E-state index in [0.717, 1.165) is 19.5 Å². The highest BCUT2D eigenvalue weighted by molar-refractivity contribution is 5.92. The quantitative estimate of drug-likeness (QED) is 0.644. The molecule has 1 amide bonds. The lowest BCUT2D eigenvalue weighted by molar-refractivity contribution is -0.234. The van der Waals surface area contributed by atoms with Gasteiger partial charge < -0.3 is 25.6 Å². The number of morpholine rings is 1. The van der Waals surface area contributed by atoms with Crippen LogP contribution in [0.2, 0.25) is 0 Å². The van der Waals surface area contributed by atoms with Crippen LogP contribution in [0.25, 0.3) is 11.0 Å². The third-order valence-electron chi connectivity index (χ3n) is 5.88. The number of nitriles is 1. The van der Waals surface area contributed by atoms with Crippen LogP contribution in [0.4, 0.5) is 18.9 Å². The van der Waals surface area contributed by atoms with E-state index >= 15 is 0 Å². The monoisotopic (exact) mass is 509 g/mol. The predicted molar refractivity (Wildman–Crippen MR) is 131 cm³/mol. The molecule has 4 rings (SSSR count). The van der Waals surface area contributed by atoms with Gasteiger partial charge >= 0.3 is 6.18 Å². The number of likely N-dealkylation sites (tertiary alicyclic amines) is 1. The molecule has 0 bridgehead atoms. The Hall–Kier alpha value is -3.01. The smallest absolute Gasteiger partial charge is 0.364 e. The molecule has 0 spiro atoms. The largest absolute Gasteiger partial charge is 0.416 e. The number of carbonyl (C=O) groups excluding carboxylic acids is 1. The molecule has 12 heteroatoms. The van der Waals surface area contributed by atoms with Gasteiger partial charge in [-0.2, -0.15) is 18.4 Å². The Kier molecular flexibility index (Phi) is 10.8. The first-order valence-electron chi connectivity index (χ1n) is 11.9. The second-order valence-electron chi connectivity index (χ2n) is 8.22. The van der Waals surface area contributed by atoms with Crippen molar-refractivity contribution in [3.05, 3.63) is 30.1 Å². The highest BCUT2D eigenvalue weighted by atomic mass is 19.4. The van der Waals surface area contributed by atoms with Gasteiger partial charge in [0.1, 0.15) is 17.1 Å². The molecule has 2 aliphatic rings. The van der Waals surface area contributed by atoms with Gasteiger partial charge in [0, 0.05) is 25.5 Å². The lowest BCUT2D eigenvalue weighted by Crippen LogP contribution is -2.57. The average molecular weight is 510 g/mol. The molecule has 9 nitrogen and oxygen atoms in total. The summed E-state index contributed by atoms with van der Waals surface area (Å²) in [5.41, 5.74) is 5.75. The molecule has 2 aliphatic heterocycles. The molecule has 0 saturated carbocycles. The van der Waals surface area contributed by atoms with Crippen LogP contribution in [0, 0.1) is 17.2 Å². The van der Waals surface area contributed by atoms with Gasteiger partial charge in [-0.3, -0.25) is 14.8 Å². The number of hydrogen-bond acceptors (Lipinski definition) is 8. The van der Waals surface area contributed by atoms with E-state index in [1.807, 2.05) is 27.0 Å². The summed E-state index contributed by atoms with van der Waals surface area (Å²) in [5.74, 6) is -0.303. The van der Waals surface area contributed by atoms with Gasteiger partial charge in [0.25, 0.3) is 5.91 Å². The number of fused-ring (bicyclic) bond motifs is 1. The van der Waals surface area contributed by atoms with E-state index < -0.39 is 30.8 Å². The number of rotatable bonds is 4. The molecular weight excluding hydrogens is 475 g/mol. The SMILES string of the molecule is CC.CN.CN1CC[C@@H](CNC(=O)C2CN(c3ccc(C#N)c4nccnc34)CC(C(F)(F)F)O2)C1. The third-order valence-corrected chi connectivity index (χ3v) is 5.88. The van der Waals surface area contributed by atoms with Gasteiger partial charge in [-0.1, -0.05) is 13.8 Å². The number of ether oxygens (including phenoxy) is 1. The number of benzene rings is 1. The predicted octanol–water partition coefficient (Wildman–Crippen LogP) is 2.31. The fourth-order valence-corrected chi connectivity index (χ4v) is 4.22. The first kappa shape index (κ1) is 29.2. The van der Waals surface area contributed by atoms with Crippen LogP contribution in [0.15, 0.2) is 24.5 Å². The number of halogens is 3. The lowest BCUT2D eigenvalue weighted by Gasteiger charge is -2.39. The zero-order valence-electron chi connectivity index (χ0n) is 21.0. The van der Waals surface area contributed by atoms with Crippen LogP contribution in [0.3, 0.4) is 0 Å². The second-order valence-corrected chi connectivity index (χ2v) is 8.22. The number of carbonyl (C=O) groups is 1. The Balaban J connectivity index is 0.00000109. The molecule has 3 atom stereocenters. The number of nitrogens with zero attached hydrogens (tertiary/aromatic N) is 5. The van der Waals surface area contributed by atoms with Crippen molar-refractivity contribution in [1.82, 2.24) is 20.2 Å². The Labute approximate surface area is 209 Å². The Morgan fingerprint density at radius 3 is 2.44 bits per heavy atom. The number of hydrogen-bond donors (Lipinski definition) is 2. The van der Waals surface area contributed by atoms with Crippen LogP contribution < -0.4 is 16.0 Å². The fraction of sp³-hybridized carbons (Fsp3) is 0.583. The first-order valence-corrected chi connectivity index (χ1v) is 11.9. The molecule has 3 N–H and O–H groups in total. The van der Waals surface area contributed by atoms with E-state index in [0.29, 0.717) is 23.3 Å². The van der Waals surface area contributed by atoms with Crippen molar-refractivity contribution in [1.29, 1.82) is 5.26 Å². The van der Waals surface area contributed by atoms with E-state index in [1.54, 1.807) is 0 Å². The normalized spacial score (nSPS) is 22.1. The van der Waals surface area contributed by atoms with Gasteiger partial charge in [0.05, 0.1) is 24.3 Å². The molecule has 198 valence electrons. The number of aromatic nitrogens is 2. The minimum Gasteiger partial charge on any atom is -0.364 e. The molecule has 1 aromatic carbocycles. The molecule has 2 fully saturated rings. The second kappa shape index (κ2) is 13.3. The Morgan fingerprint density at radius 2 is 1.86 bits per heavy atom. The molecule has 2 saturated heterocycles. The van der Waals surface area contributed by atoms with Crippen molar-refractivity contribution < 1.29 is 22.7 Å². The maximum Gasteiger partial charge on any atom is 0.416 e. The van der Waals surface area contributed by atoms with E-state index in [-0.39, 0.29) is 18.0 Å². The lowest BCUT2D eigenvalue weighted by atomic mass is 10.1. The summed E-state index contributed by atoms with van der Waals surface area (Å²) in [5, 5.41) is 12.1. The van der Waals surface area contributed by atoms with E-state index in [9.17, 15) is 23.2 Å². The van der Waals surface area contributed by atoms with Crippen molar-refractivity contribution in [2.24, 2.45) is 11.7 Å². The van der Waals surface area contributed by atoms with Crippen LogP contribution in [0.5, 0.6) is 0 Å². The van der Waals surface area contributed by atoms with Crippen molar-refractivity contribution >= 4 is 22.6 Å². The maximum atomic E-state index is 13.6. The highest BCUT2D eigenvalue weighted by Crippen LogP contribution is 2.33. The number of alkyl halides is 3. The number of anilines is 1. The third kappa shape index (κ3) is 7.02. The van der Waals surface area contributed by atoms with Gasteiger partial charge in [-0.25, -0.2) is 0 Å². The molecule has 0 radical (unpaired) electrons. The molecule has 3 heterocycles. The van der Waals surface area contributed by atoms with E-state index in [2.05, 4.69) is 25.9 Å². The molecular formula is C24H34F3N7O2. The number of nitrogens with one attached hydrogen (secondary N) is 1. The maximum absolute atomic E-state index is 13.6. The van der Waals surface area contributed by atoms with E-state index in [4.69, 9.17) is 4.74 Å². The molecule has 0 aliphatic carbocycles. The molecule has 2 unspecified atom stereocenters. The number of nitrogens with two attached hydrogens (primary N) is 1. The van der Waals surface area contributed by atoms with Crippen LogP contribution in [-0.4, -0.2) is 86.0 Å². The minimum atomic E-state index is -4.64. The summed E-state index contributed by atoms with van der Waals surface area (Å²) in [7, 11) is 3.49. The van der Waals surface area contributed by atoms with Gasteiger partial charge in [-0.05, 0) is 45.1 Å². The van der Waals surface area contributed by atoms with Crippen LogP contribution >= 0.6 is 0 Å². The minimum absolute atomic E-state index is 0.0689. The van der Waals surface area contributed by atoms with E-state index in [1.165, 1.54) is 36.5 Å². The summed E-state index contributed by atoms with van der Waals surface area (Å²) in [6.45, 7) is 5.60. The molecule has 1 aromatic heterocycles. The summed E-state index contributed by atoms with van der Waals surface area (Å²) < 4.78 is 46.0. The first-order chi connectivity index (χ1) is 17.3.